The third-order valence-corrected chi connectivity index (χ3v) is 2.59. The topological polar surface area (TPSA) is 84.7 Å². The number of H-pyrrole nitrogens is 1. The van der Waals surface area contributed by atoms with Crippen LogP contribution in [-0.4, -0.2) is 15.0 Å². The highest BCUT2D eigenvalue weighted by atomic mass is 16.1. The zero-order valence-electron chi connectivity index (χ0n) is 9.60. The average molecular weight is 230 g/mol. The fourth-order valence-corrected chi connectivity index (χ4v) is 1.62. The molecule has 5 nitrogen and oxygen atoms in total. The monoisotopic (exact) mass is 230 g/mol. The van der Waals surface area contributed by atoms with Crippen LogP contribution in [0.15, 0.2) is 29.3 Å². The SMILES string of the molecule is CCc1cccnc1-c1ncc(CN)c(=O)[nH]1. The summed E-state index contributed by atoms with van der Waals surface area (Å²) in [6.45, 7) is 2.22. The molecule has 0 atom stereocenters. The number of nitrogens with one attached hydrogen (secondary N) is 1. The first-order chi connectivity index (χ1) is 8.26. The normalized spacial score (nSPS) is 10.5. The number of hydrogen-bond donors (Lipinski definition) is 2. The quantitative estimate of drug-likeness (QED) is 0.818. The van der Waals surface area contributed by atoms with Gasteiger partial charge in [-0.15, -0.1) is 0 Å². The first kappa shape index (κ1) is 11.5. The predicted molar refractivity (Wildman–Crippen MR) is 65.4 cm³/mol. The highest BCUT2D eigenvalue weighted by Gasteiger charge is 2.08. The molecule has 5 heteroatoms. The van der Waals surface area contributed by atoms with Crippen LogP contribution in [0.5, 0.6) is 0 Å². The molecular weight excluding hydrogens is 216 g/mol. The number of rotatable bonds is 3. The summed E-state index contributed by atoms with van der Waals surface area (Å²) in [5.41, 5.74) is 7.46. The van der Waals surface area contributed by atoms with E-state index in [2.05, 4.69) is 15.0 Å². The predicted octanol–water partition coefficient (Wildman–Crippen LogP) is 0.853. The van der Waals surface area contributed by atoms with Crippen molar-refractivity contribution in [1.82, 2.24) is 15.0 Å². The number of nitrogens with zero attached hydrogens (tertiary/aromatic N) is 2. The molecule has 0 amide bonds. The fraction of sp³-hybridized carbons (Fsp3) is 0.250. The first-order valence-corrected chi connectivity index (χ1v) is 5.48. The van der Waals surface area contributed by atoms with Crippen LogP contribution in [0.3, 0.4) is 0 Å². The van der Waals surface area contributed by atoms with Crippen molar-refractivity contribution in [2.45, 2.75) is 19.9 Å². The van der Waals surface area contributed by atoms with Crippen molar-refractivity contribution in [1.29, 1.82) is 0 Å². The molecule has 17 heavy (non-hydrogen) atoms. The second-order valence-corrected chi connectivity index (χ2v) is 3.65. The van der Waals surface area contributed by atoms with Gasteiger partial charge in [0.1, 0.15) is 5.69 Å². The van der Waals surface area contributed by atoms with Gasteiger partial charge < -0.3 is 10.7 Å². The van der Waals surface area contributed by atoms with Crippen molar-refractivity contribution in [3.05, 3.63) is 46.0 Å². The highest BCUT2D eigenvalue weighted by Crippen LogP contribution is 2.16. The molecule has 0 fully saturated rings. The zero-order chi connectivity index (χ0) is 12.3. The van der Waals surface area contributed by atoms with E-state index in [-0.39, 0.29) is 12.1 Å². The van der Waals surface area contributed by atoms with Crippen LogP contribution in [0.2, 0.25) is 0 Å². The van der Waals surface area contributed by atoms with Crippen molar-refractivity contribution in [3.8, 4) is 11.5 Å². The van der Waals surface area contributed by atoms with E-state index in [1.165, 1.54) is 6.20 Å². The van der Waals surface area contributed by atoms with Crippen LogP contribution < -0.4 is 11.3 Å². The van der Waals surface area contributed by atoms with Crippen LogP contribution in [0, 0.1) is 0 Å². The molecule has 2 aromatic heterocycles. The Kier molecular flexibility index (Phi) is 3.30. The number of pyridine rings is 1. The van der Waals surface area contributed by atoms with Gasteiger partial charge in [0.25, 0.3) is 5.56 Å². The minimum absolute atomic E-state index is 0.186. The summed E-state index contributed by atoms with van der Waals surface area (Å²) in [7, 11) is 0. The van der Waals surface area contributed by atoms with Crippen LogP contribution in [0.1, 0.15) is 18.1 Å². The van der Waals surface area contributed by atoms with Gasteiger partial charge in [0, 0.05) is 24.5 Å². The van der Waals surface area contributed by atoms with Gasteiger partial charge in [-0.05, 0) is 18.1 Å². The molecule has 0 saturated carbocycles. The molecule has 0 aliphatic heterocycles. The molecule has 0 aliphatic carbocycles. The number of aryl methyl sites for hydroxylation is 1. The Morgan fingerprint density at radius 3 is 2.82 bits per heavy atom. The minimum Gasteiger partial charge on any atom is -0.326 e. The molecule has 0 unspecified atom stereocenters. The molecule has 0 aromatic carbocycles. The molecule has 0 saturated heterocycles. The Morgan fingerprint density at radius 2 is 2.18 bits per heavy atom. The van der Waals surface area contributed by atoms with Crippen LogP contribution in [0.4, 0.5) is 0 Å². The molecule has 0 radical (unpaired) electrons. The second kappa shape index (κ2) is 4.88. The van der Waals surface area contributed by atoms with E-state index >= 15 is 0 Å². The van der Waals surface area contributed by atoms with Gasteiger partial charge >= 0.3 is 0 Å². The molecule has 2 rings (SSSR count). The minimum atomic E-state index is -0.204. The lowest BCUT2D eigenvalue weighted by atomic mass is 10.1. The maximum atomic E-state index is 11.6. The van der Waals surface area contributed by atoms with E-state index in [0.29, 0.717) is 11.4 Å². The summed E-state index contributed by atoms with van der Waals surface area (Å²) < 4.78 is 0. The van der Waals surface area contributed by atoms with Gasteiger partial charge in [-0.25, -0.2) is 4.98 Å². The lowest BCUT2D eigenvalue weighted by Crippen LogP contribution is -2.17. The van der Waals surface area contributed by atoms with E-state index in [1.807, 2.05) is 19.1 Å². The van der Waals surface area contributed by atoms with Gasteiger partial charge in [-0.3, -0.25) is 9.78 Å². The van der Waals surface area contributed by atoms with Crippen molar-refractivity contribution >= 4 is 0 Å². The van der Waals surface area contributed by atoms with Crippen LogP contribution in [0.25, 0.3) is 11.5 Å². The molecule has 2 heterocycles. The molecule has 0 aliphatic rings. The Morgan fingerprint density at radius 1 is 1.35 bits per heavy atom. The lowest BCUT2D eigenvalue weighted by molar-refractivity contribution is 0.968. The van der Waals surface area contributed by atoms with Crippen LogP contribution >= 0.6 is 0 Å². The Labute approximate surface area is 98.7 Å². The summed E-state index contributed by atoms with van der Waals surface area (Å²) in [4.78, 5) is 22.8. The van der Waals surface area contributed by atoms with Crippen molar-refractivity contribution in [3.63, 3.8) is 0 Å². The summed E-state index contributed by atoms with van der Waals surface area (Å²) in [6, 6.07) is 3.84. The summed E-state index contributed by atoms with van der Waals surface area (Å²) in [6.07, 6.45) is 4.03. The Balaban J connectivity index is 2.53. The number of hydrogen-bond acceptors (Lipinski definition) is 4. The Hall–Kier alpha value is -2.01. The average Bonchev–Trinajstić information content (AvgIpc) is 2.38. The molecule has 3 N–H and O–H groups in total. The molecular formula is C12H14N4O. The molecule has 2 aromatic rings. The van der Waals surface area contributed by atoms with E-state index < -0.39 is 0 Å². The van der Waals surface area contributed by atoms with Crippen molar-refractivity contribution in [2.24, 2.45) is 5.73 Å². The smallest absolute Gasteiger partial charge is 0.255 e. The van der Waals surface area contributed by atoms with Crippen molar-refractivity contribution < 1.29 is 0 Å². The number of nitrogens with two attached hydrogens (primary N) is 1. The number of aromatic amines is 1. The van der Waals surface area contributed by atoms with Crippen LogP contribution in [-0.2, 0) is 13.0 Å². The largest absolute Gasteiger partial charge is 0.326 e. The summed E-state index contributed by atoms with van der Waals surface area (Å²) >= 11 is 0. The first-order valence-electron chi connectivity index (χ1n) is 5.48. The zero-order valence-corrected chi connectivity index (χ0v) is 9.60. The van der Waals surface area contributed by atoms with Gasteiger partial charge in [0.15, 0.2) is 5.82 Å². The fourth-order valence-electron chi connectivity index (χ4n) is 1.62. The maximum Gasteiger partial charge on any atom is 0.255 e. The Bertz CT molecular complexity index is 577. The lowest BCUT2D eigenvalue weighted by Gasteiger charge is -2.05. The number of aromatic nitrogens is 3. The highest BCUT2D eigenvalue weighted by molar-refractivity contribution is 5.54. The third-order valence-electron chi connectivity index (χ3n) is 2.59. The van der Waals surface area contributed by atoms with Gasteiger partial charge in [-0.1, -0.05) is 13.0 Å². The second-order valence-electron chi connectivity index (χ2n) is 3.65. The molecule has 0 bridgehead atoms. The summed E-state index contributed by atoms with van der Waals surface area (Å²) in [5, 5.41) is 0. The maximum absolute atomic E-state index is 11.6. The van der Waals surface area contributed by atoms with Gasteiger partial charge in [-0.2, -0.15) is 0 Å². The third kappa shape index (κ3) is 2.24. The van der Waals surface area contributed by atoms with E-state index in [1.54, 1.807) is 6.20 Å². The van der Waals surface area contributed by atoms with E-state index in [9.17, 15) is 4.79 Å². The summed E-state index contributed by atoms with van der Waals surface area (Å²) in [5.74, 6) is 0.490. The molecule has 0 spiro atoms. The standard InChI is InChI=1S/C12H14N4O/c1-2-8-4-3-5-14-10(8)11-15-7-9(6-13)12(17)16-11/h3-5,7H,2,6,13H2,1H3,(H,15,16,17). The van der Waals surface area contributed by atoms with E-state index in [0.717, 1.165) is 17.7 Å². The van der Waals surface area contributed by atoms with Gasteiger partial charge in [0.2, 0.25) is 0 Å². The van der Waals surface area contributed by atoms with Gasteiger partial charge in [0.05, 0.1) is 0 Å². The van der Waals surface area contributed by atoms with Crippen molar-refractivity contribution in [2.75, 3.05) is 0 Å². The van der Waals surface area contributed by atoms with E-state index in [4.69, 9.17) is 5.73 Å². The molecule has 88 valence electrons.